The van der Waals surface area contributed by atoms with Crippen LogP contribution in [0.4, 0.5) is 0 Å². The Morgan fingerprint density at radius 3 is 2.86 bits per heavy atom. The quantitative estimate of drug-likeness (QED) is 0.860. The third-order valence-corrected chi connectivity index (χ3v) is 3.50. The van der Waals surface area contributed by atoms with Crippen molar-refractivity contribution in [1.29, 1.82) is 0 Å². The molecule has 110 valence electrons. The van der Waals surface area contributed by atoms with Crippen LogP contribution in [0.5, 0.6) is 0 Å². The van der Waals surface area contributed by atoms with Gasteiger partial charge < -0.3 is 15.2 Å². The van der Waals surface area contributed by atoms with E-state index in [1.807, 2.05) is 0 Å². The van der Waals surface area contributed by atoms with Crippen molar-refractivity contribution in [2.24, 2.45) is 0 Å². The maximum absolute atomic E-state index is 11.7. The van der Waals surface area contributed by atoms with E-state index in [2.05, 4.69) is 52.0 Å². The van der Waals surface area contributed by atoms with Crippen LogP contribution in [0.1, 0.15) is 22.8 Å². The highest BCUT2D eigenvalue weighted by Crippen LogP contribution is 2.10. The Bertz CT molecular complexity index is 621. The number of benzene rings is 1. The number of piperazine rings is 1. The molecule has 0 saturated carbocycles. The van der Waals surface area contributed by atoms with Gasteiger partial charge in [-0.05, 0) is 12.5 Å². The Balaban J connectivity index is 1.63. The summed E-state index contributed by atoms with van der Waals surface area (Å²) in [7, 11) is 0. The van der Waals surface area contributed by atoms with Gasteiger partial charge in [0, 0.05) is 19.5 Å². The van der Waals surface area contributed by atoms with Gasteiger partial charge >= 0.3 is 0 Å². The van der Waals surface area contributed by atoms with E-state index in [0.29, 0.717) is 31.1 Å². The summed E-state index contributed by atoms with van der Waals surface area (Å²) in [5.41, 5.74) is 2.36. The second-order valence-electron chi connectivity index (χ2n) is 5.27. The minimum absolute atomic E-state index is 0.0143. The van der Waals surface area contributed by atoms with Gasteiger partial charge in [0.25, 0.3) is 0 Å². The molecular weight excluding hydrogens is 268 g/mol. The summed E-state index contributed by atoms with van der Waals surface area (Å²) in [6, 6.07) is 7.95. The summed E-state index contributed by atoms with van der Waals surface area (Å²) in [6.45, 7) is 3.48. The third-order valence-electron chi connectivity index (χ3n) is 3.50. The normalized spacial score (nSPS) is 18.5. The highest BCUT2D eigenvalue weighted by atomic mass is 16.5. The Hall–Kier alpha value is -2.21. The highest BCUT2D eigenvalue weighted by Gasteiger charge is 2.24. The van der Waals surface area contributed by atoms with Crippen LogP contribution in [0.2, 0.25) is 0 Å². The number of carbonyl (C=O) groups excluding carboxylic acids is 1. The number of amides is 1. The van der Waals surface area contributed by atoms with Crippen LogP contribution >= 0.6 is 0 Å². The van der Waals surface area contributed by atoms with Crippen molar-refractivity contribution in [3.05, 3.63) is 47.1 Å². The fourth-order valence-electron chi connectivity index (χ4n) is 2.32. The molecule has 6 heteroatoms. The number of hydrogen-bond donors (Lipinski definition) is 2. The van der Waals surface area contributed by atoms with Gasteiger partial charge in [0.15, 0.2) is 5.82 Å². The summed E-state index contributed by atoms with van der Waals surface area (Å²) >= 11 is 0. The summed E-state index contributed by atoms with van der Waals surface area (Å²) in [5.74, 6) is 1.12. The van der Waals surface area contributed by atoms with E-state index in [1.54, 1.807) is 0 Å². The van der Waals surface area contributed by atoms with Gasteiger partial charge in [0.2, 0.25) is 11.8 Å². The fourth-order valence-corrected chi connectivity index (χ4v) is 2.32. The molecule has 0 bridgehead atoms. The predicted molar refractivity (Wildman–Crippen MR) is 76.8 cm³/mol. The maximum atomic E-state index is 11.7. The molecule has 0 radical (unpaired) electrons. The molecule has 6 nitrogen and oxygen atoms in total. The Kier molecular flexibility index (Phi) is 3.96. The Morgan fingerprint density at radius 2 is 2.10 bits per heavy atom. The molecular formula is C15H18N4O2. The van der Waals surface area contributed by atoms with Crippen LogP contribution in [0.15, 0.2) is 28.8 Å². The molecule has 1 aliphatic rings. The lowest BCUT2D eigenvalue weighted by Crippen LogP contribution is -2.53. The highest BCUT2D eigenvalue weighted by molar-refractivity contribution is 5.82. The van der Waals surface area contributed by atoms with Crippen molar-refractivity contribution < 1.29 is 9.32 Å². The van der Waals surface area contributed by atoms with Crippen LogP contribution in [0.25, 0.3) is 0 Å². The Morgan fingerprint density at radius 1 is 1.29 bits per heavy atom. The zero-order valence-corrected chi connectivity index (χ0v) is 11.9. The summed E-state index contributed by atoms with van der Waals surface area (Å²) < 4.78 is 5.23. The minimum Gasteiger partial charge on any atom is -0.353 e. The number of carbonyl (C=O) groups is 1. The molecule has 1 amide bonds. The molecule has 1 unspecified atom stereocenters. The first-order chi connectivity index (χ1) is 10.2. The summed E-state index contributed by atoms with van der Waals surface area (Å²) in [5, 5.41) is 9.93. The van der Waals surface area contributed by atoms with Crippen LogP contribution < -0.4 is 10.6 Å². The van der Waals surface area contributed by atoms with E-state index in [1.165, 1.54) is 5.56 Å². The second-order valence-corrected chi connectivity index (χ2v) is 5.27. The molecule has 2 heterocycles. The van der Waals surface area contributed by atoms with Crippen molar-refractivity contribution in [3.63, 3.8) is 0 Å². The number of nitrogens with one attached hydrogen (secondary N) is 2. The largest absolute Gasteiger partial charge is 0.353 e. The molecule has 3 rings (SSSR count). The van der Waals surface area contributed by atoms with Gasteiger partial charge in [0.05, 0.1) is 12.5 Å². The lowest BCUT2D eigenvalue weighted by molar-refractivity contribution is -0.124. The van der Waals surface area contributed by atoms with Crippen LogP contribution in [0, 0.1) is 6.92 Å². The fraction of sp³-hybridized carbons (Fsp3) is 0.400. The zero-order chi connectivity index (χ0) is 14.7. The molecule has 1 fully saturated rings. The van der Waals surface area contributed by atoms with Gasteiger partial charge in [-0.3, -0.25) is 4.79 Å². The summed E-state index contributed by atoms with van der Waals surface area (Å²) in [6.07, 6.45) is 1.06. The Labute approximate surface area is 122 Å². The standard InChI is InChI=1S/C15H18N4O2/c1-10-2-4-11(5-3-10)8-13-18-14(21-19-13)9-12-15(20)17-7-6-16-12/h2-5,12,16H,6-9H2,1H3,(H,17,20). The van der Waals surface area contributed by atoms with Crippen molar-refractivity contribution in [2.45, 2.75) is 25.8 Å². The van der Waals surface area contributed by atoms with Crippen LogP contribution in [0.3, 0.4) is 0 Å². The van der Waals surface area contributed by atoms with Gasteiger partial charge in [0.1, 0.15) is 0 Å². The van der Waals surface area contributed by atoms with Gasteiger partial charge in [-0.15, -0.1) is 0 Å². The van der Waals surface area contributed by atoms with E-state index < -0.39 is 0 Å². The molecule has 1 aromatic heterocycles. The van der Waals surface area contributed by atoms with E-state index in [0.717, 1.165) is 12.1 Å². The monoisotopic (exact) mass is 286 g/mol. The minimum atomic E-state index is -0.286. The number of nitrogens with zero attached hydrogens (tertiary/aromatic N) is 2. The predicted octanol–water partition coefficient (Wildman–Crippen LogP) is 0.599. The van der Waals surface area contributed by atoms with E-state index in [-0.39, 0.29) is 11.9 Å². The molecule has 1 aliphatic heterocycles. The molecule has 0 spiro atoms. The molecule has 0 aliphatic carbocycles. The molecule has 2 N–H and O–H groups in total. The van der Waals surface area contributed by atoms with Gasteiger partial charge in [-0.25, -0.2) is 0 Å². The van der Waals surface area contributed by atoms with Crippen LogP contribution in [-0.4, -0.2) is 35.2 Å². The molecule has 1 atom stereocenters. The topological polar surface area (TPSA) is 80.0 Å². The van der Waals surface area contributed by atoms with Gasteiger partial charge in [-0.1, -0.05) is 35.0 Å². The number of aromatic nitrogens is 2. The first kappa shape index (κ1) is 13.8. The summed E-state index contributed by atoms with van der Waals surface area (Å²) in [4.78, 5) is 16.0. The van der Waals surface area contributed by atoms with Crippen LogP contribution in [-0.2, 0) is 17.6 Å². The molecule has 1 saturated heterocycles. The first-order valence-corrected chi connectivity index (χ1v) is 7.09. The van der Waals surface area contributed by atoms with Crippen molar-refractivity contribution in [3.8, 4) is 0 Å². The van der Waals surface area contributed by atoms with Crippen molar-refractivity contribution in [2.75, 3.05) is 13.1 Å². The molecule has 21 heavy (non-hydrogen) atoms. The zero-order valence-electron chi connectivity index (χ0n) is 11.9. The maximum Gasteiger partial charge on any atom is 0.237 e. The molecule has 2 aromatic rings. The van der Waals surface area contributed by atoms with E-state index in [9.17, 15) is 4.79 Å². The SMILES string of the molecule is Cc1ccc(Cc2noc(CC3NCCNC3=O)n2)cc1. The third kappa shape index (κ3) is 3.46. The van der Waals surface area contributed by atoms with E-state index in [4.69, 9.17) is 4.52 Å². The van der Waals surface area contributed by atoms with Crippen molar-refractivity contribution >= 4 is 5.91 Å². The lowest BCUT2D eigenvalue weighted by atomic mass is 10.1. The number of aryl methyl sites for hydroxylation is 1. The second kappa shape index (κ2) is 6.05. The van der Waals surface area contributed by atoms with Gasteiger partial charge in [-0.2, -0.15) is 4.98 Å². The average Bonchev–Trinajstić information content (AvgIpc) is 2.91. The number of hydrogen-bond acceptors (Lipinski definition) is 5. The van der Waals surface area contributed by atoms with Crippen molar-refractivity contribution in [1.82, 2.24) is 20.8 Å². The lowest BCUT2D eigenvalue weighted by Gasteiger charge is -2.21. The first-order valence-electron chi connectivity index (χ1n) is 7.09. The average molecular weight is 286 g/mol. The number of rotatable bonds is 4. The molecule has 1 aromatic carbocycles. The van der Waals surface area contributed by atoms with E-state index >= 15 is 0 Å². The smallest absolute Gasteiger partial charge is 0.237 e.